The molecular formula is C11H19F3OS. The van der Waals surface area contributed by atoms with E-state index in [1.165, 1.54) is 0 Å². The molecule has 0 aromatic carbocycles. The summed E-state index contributed by atoms with van der Waals surface area (Å²) in [6.45, 7) is 0. The third-order valence-electron chi connectivity index (χ3n) is 2.94. The van der Waals surface area contributed by atoms with Crippen molar-refractivity contribution in [2.24, 2.45) is 5.92 Å². The molecule has 0 amide bonds. The smallest absolute Gasteiger partial charge is 0.389 e. The maximum absolute atomic E-state index is 11.9. The van der Waals surface area contributed by atoms with Gasteiger partial charge in [0, 0.05) is 6.42 Å². The topological polar surface area (TPSA) is 20.2 Å². The number of halogens is 3. The summed E-state index contributed by atoms with van der Waals surface area (Å²) in [6, 6.07) is 0. The Morgan fingerprint density at radius 3 is 2.44 bits per heavy atom. The molecule has 1 heterocycles. The van der Waals surface area contributed by atoms with Gasteiger partial charge in [-0.3, -0.25) is 0 Å². The lowest BCUT2D eigenvalue weighted by Crippen LogP contribution is -2.18. The van der Waals surface area contributed by atoms with Crippen molar-refractivity contribution in [1.29, 1.82) is 0 Å². The molecule has 1 atom stereocenters. The van der Waals surface area contributed by atoms with E-state index in [-0.39, 0.29) is 12.8 Å². The molecule has 1 fully saturated rings. The van der Waals surface area contributed by atoms with Crippen LogP contribution < -0.4 is 0 Å². The number of alkyl halides is 3. The lowest BCUT2D eigenvalue weighted by atomic mass is 9.93. The third kappa shape index (κ3) is 6.63. The van der Waals surface area contributed by atoms with Gasteiger partial charge in [-0.1, -0.05) is 0 Å². The third-order valence-corrected chi connectivity index (χ3v) is 3.99. The zero-order valence-corrected chi connectivity index (χ0v) is 10.1. The summed E-state index contributed by atoms with van der Waals surface area (Å²) in [5.74, 6) is 2.77. The summed E-state index contributed by atoms with van der Waals surface area (Å²) in [4.78, 5) is 0. The molecule has 1 aliphatic heterocycles. The van der Waals surface area contributed by atoms with Gasteiger partial charge in [-0.2, -0.15) is 24.9 Å². The van der Waals surface area contributed by atoms with Gasteiger partial charge in [-0.15, -0.1) is 0 Å². The number of hydrogen-bond acceptors (Lipinski definition) is 2. The lowest BCUT2D eigenvalue weighted by Gasteiger charge is -2.23. The van der Waals surface area contributed by atoms with E-state index in [1.807, 2.05) is 11.8 Å². The van der Waals surface area contributed by atoms with Gasteiger partial charge in [-0.05, 0) is 49.5 Å². The Balaban J connectivity index is 2.08. The molecule has 1 unspecified atom stereocenters. The van der Waals surface area contributed by atoms with Crippen LogP contribution in [-0.4, -0.2) is 28.9 Å². The Morgan fingerprint density at radius 1 is 1.25 bits per heavy atom. The summed E-state index contributed by atoms with van der Waals surface area (Å²) < 4.78 is 35.6. The van der Waals surface area contributed by atoms with Crippen LogP contribution in [0, 0.1) is 5.92 Å². The lowest BCUT2D eigenvalue weighted by molar-refractivity contribution is -0.136. The van der Waals surface area contributed by atoms with Crippen LogP contribution in [0.1, 0.15) is 38.5 Å². The molecular weight excluding hydrogens is 237 g/mol. The Kier molecular flexibility index (Phi) is 5.97. The van der Waals surface area contributed by atoms with Crippen LogP contribution in [-0.2, 0) is 0 Å². The SMILES string of the molecule is OC(CCCC(F)(F)F)CC1CCSCC1. The maximum atomic E-state index is 11.9. The molecule has 0 aliphatic carbocycles. The molecule has 0 radical (unpaired) electrons. The van der Waals surface area contributed by atoms with Crippen LogP contribution in [0.15, 0.2) is 0 Å². The zero-order valence-electron chi connectivity index (χ0n) is 9.30. The standard InChI is InChI=1S/C11H19F3OS/c12-11(13,14)5-1-2-10(15)8-9-3-6-16-7-4-9/h9-10,15H,1-8H2. The van der Waals surface area contributed by atoms with Crippen LogP contribution in [0.25, 0.3) is 0 Å². The highest BCUT2D eigenvalue weighted by Gasteiger charge is 2.27. The second-order valence-corrected chi connectivity index (χ2v) is 5.68. The number of hydrogen-bond donors (Lipinski definition) is 1. The van der Waals surface area contributed by atoms with Gasteiger partial charge in [0.15, 0.2) is 0 Å². The molecule has 1 N–H and O–H groups in total. The summed E-state index contributed by atoms with van der Waals surface area (Å²) in [7, 11) is 0. The van der Waals surface area contributed by atoms with E-state index in [2.05, 4.69) is 0 Å². The average molecular weight is 256 g/mol. The van der Waals surface area contributed by atoms with E-state index in [1.54, 1.807) is 0 Å². The van der Waals surface area contributed by atoms with Gasteiger partial charge in [0.05, 0.1) is 6.10 Å². The molecule has 96 valence electrons. The van der Waals surface area contributed by atoms with Crippen LogP contribution in [0.5, 0.6) is 0 Å². The molecule has 5 heteroatoms. The van der Waals surface area contributed by atoms with Gasteiger partial charge in [0.25, 0.3) is 0 Å². The molecule has 0 aromatic heterocycles. The predicted octanol–water partition coefficient (Wildman–Crippen LogP) is 3.61. The highest BCUT2D eigenvalue weighted by Crippen LogP contribution is 2.28. The second-order valence-electron chi connectivity index (χ2n) is 4.45. The first kappa shape index (κ1) is 14.2. The van der Waals surface area contributed by atoms with Crippen molar-refractivity contribution in [1.82, 2.24) is 0 Å². The van der Waals surface area contributed by atoms with Gasteiger partial charge in [0.1, 0.15) is 0 Å². The minimum absolute atomic E-state index is 0.0478. The number of thioether (sulfide) groups is 1. The largest absolute Gasteiger partial charge is 0.393 e. The van der Waals surface area contributed by atoms with E-state index in [9.17, 15) is 18.3 Å². The Labute approximate surface area is 98.8 Å². The molecule has 0 saturated carbocycles. The van der Waals surface area contributed by atoms with E-state index in [0.717, 1.165) is 24.3 Å². The van der Waals surface area contributed by atoms with Crippen molar-refractivity contribution in [2.45, 2.75) is 50.8 Å². The monoisotopic (exact) mass is 256 g/mol. The molecule has 1 aliphatic rings. The van der Waals surface area contributed by atoms with Crippen LogP contribution in [0.3, 0.4) is 0 Å². The molecule has 0 bridgehead atoms. The summed E-state index contributed by atoms with van der Waals surface area (Å²) in [5.41, 5.74) is 0. The van der Waals surface area contributed by atoms with Gasteiger partial charge in [-0.25, -0.2) is 0 Å². The normalized spacial score (nSPS) is 21.0. The van der Waals surface area contributed by atoms with Crippen LogP contribution in [0.4, 0.5) is 13.2 Å². The van der Waals surface area contributed by atoms with E-state index < -0.39 is 18.7 Å². The minimum atomic E-state index is -4.08. The van der Waals surface area contributed by atoms with Crippen molar-refractivity contribution in [3.8, 4) is 0 Å². The first-order valence-electron chi connectivity index (χ1n) is 5.80. The fraction of sp³-hybridized carbons (Fsp3) is 1.00. The molecule has 1 nitrogen and oxygen atoms in total. The molecule has 0 spiro atoms. The fourth-order valence-electron chi connectivity index (χ4n) is 2.02. The van der Waals surface area contributed by atoms with Gasteiger partial charge < -0.3 is 5.11 Å². The predicted molar refractivity (Wildman–Crippen MR) is 60.6 cm³/mol. The number of rotatable bonds is 5. The van der Waals surface area contributed by atoms with Gasteiger partial charge >= 0.3 is 6.18 Å². The first-order valence-corrected chi connectivity index (χ1v) is 6.95. The van der Waals surface area contributed by atoms with Crippen molar-refractivity contribution in [3.63, 3.8) is 0 Å². The van der Waals surface area contributed by atoms with E-state index in [0.29, 0.717) is 12.3 Å². The van der Waals surface area contributed by atoms with Crippen molar-refractivity contribution in [2.75, 3.05) is 11.5 Å². The highest BCUT2D eigenvalue weighted by molar-refractivity contribution is 7.99. The molecule has 0 aromatic rings. The van der Waals surface area contributed by atoms with Crippen LogP contribution >= 0.6 is 11.8 Å². The van der Waals surface area contributed by atoms with Crippen molar-refractivity contribution in [3.05, 3.63) is 0 Å². The number of aliphatic hydroxyl groups is 1. The Bertz CT molecular complexity index is 190. The summed E-state index contributed by atoms with van der Waals surface area (Å²) in [5, 5.41) is 9.62. The van der Waals surface area contributed by atoms with Gasteiger partial charge in [0.2, 0.25) is 0 Å². The maximum Gasteiger partial charge on any atom is 0.389 e. The van der Waals surface area contributed by atoms with Crippen LogP contribution in [0.2, 0.25) is 0 Å². The Morgan fingerprint density at radius 2 is 1.88 bits per heavy atom. The second kappa shape index (κ2) is 6.74. The molecule has 1 rings (SSSR count). The fourth-order valence-corrected chi connectivity index (χ4v) is 3.23. The molecule has 1 saturated heterocycles. The summed E-state index contributed by atoms with van der Waals surface area (Å²) >= 11 is 1.92. The van der Waals surface area contributed by atoms with E-state index in [4.69, 9.17) is 0 Å². The summed E-state index contributed by atoms with van der Waals surface area (Å²) in [6.07, 6.45) is -2.20. The first-order chi connectivity index (χ1) is 7.47. The average Bonchev–Trinajstić information content (AvgIpc) is 2.17. The minimum Gasteiger partial charge on any atom is -0.393 e. The quantitative estimate of drug-likeness (QED) is 0.810. The zero-order chi connectivity index (χ0) is 12.0. The Hall–Kier alpha value is 0.100. The number of aliphatic hydroxyl groups excluding tert-OH is 1. The van der Waals surface area contributed by atoms with Crippen molar-refractivity contribution >= 4 is 11.8 Å². The highest BCUT2D eigenvalue weighted by atomic mass is 32.2. The van der Waals surface area contributed by atoms with Crippen molar-refractivity contribution < 1.29 is 18.3 Å². The molecule has 16 heavy (non-hydrogen) atoms. The van der Waals surface area contributed by atoms with E-state index >= 15 is 0 Å².